The predicted molar refractivity (Wildman–Crippen MR) is 92.7 cm³/mol. The molecule has 0 saturated carbocycles. The number of benzene rings is 1. The molecule has 1 atom stereocenters. The van der Waals surface area contributed by atoms with Gasteiger partial charge in [-0.1, -0.05) is 53.6 Å². The highest BCUT2D eigenvalue weighted by Gasteiger charge is 2.13. The second-order valence-corrected chi connectivity index (χ2v) is 6.00. The molecule has 2 heteroatoms. The van der Waals surface area contributed by atoms with Gasteiger partial charge < -0.3 is 4.74 Å². The second-order valence-electron chi connectivity index (χ2n) is 6.00. The maximum absolute atomic E-state index is 11.7. The Morgan fingerprint density at radius 3 is 2.36 bits per heavy atom. The summed E-state index contributed by atoms with van der Waals surface area (Å²) in [6, 6.07) is 9.96. The zero-order valence-corrected chi connectivity index (χ0v) is 14.3. The summed E-state index contributed by atoms with van der Waals surface area (Å²) in [5.41, 5.74) is 3.76. The SMILES string of the molecule is CC(=O)[C@@H](CC=C(C)CCC=C(C)C)OCc1ccccc1. The lowest BCUT2D eigenvalue weighted by molar-refractivity contribution is -0.128. The first-order chi connectivity index (χ1) is 10.5. The monoisotopic (exact) mass is 300 g/mol. The van der Waals surface area contributed by atoms with Crippen LogP contribution in [-0.2, 0) is 16.1 Å². The molecule has 0 aliphatic carbocycles. The van der Waals surface area contributed by atoms with Crippen LogP contribution in [0.25, 0.3) is 0 Å². The molecule has 2 nitrogen and oxygen atoms in total. The Balaban J connectivity index is 2.46. The van der Waals surface area contributed by atoms with Gasteiger partial charge in [-0.15, -0.1) is 0 Å². The van der Waals surface area contributed by atoms with Gasteiger partial charge in [0.1, 0.15) is 6.10 Å². The lowest BCUT2D eigenvalue weighted by Crippen LogP contribution is -2.21. The van der Waals surface area contributed by atoms with E-state index in [-0.39, 0.29) is 11.9 Å². The van der Waals surface area contributed by atoms with E-state index in [9.17, 15) is 4.79 Å². The van der Waals surface area contributed by atoms with E-state index in [1.165, 1.54) is 11.1 Å². The van der Waals surface area contributed by atoms with Gasteiger partial charge in [-0.2, -0.15) is 0 Å². The van der Waals surface area contributed by atoms with E-state index in [0.29, 0.717) is 13.0 Å². The Kier molecular flexibility index (Phi) is 8.46. The van der Waals surface area contributed by atoms with Crippen molar-refractivity contribution in [2.24, 2.45) is 0 Å². The zero-order valence-electron chi connectivity index (χ0n) is 14.3. The Bertz CT molecular complexity index is 508. The Morgan fingerprint density at radius 1 is 1.09 bits per heavy atom. The summed E-state index contributed by atoms with van der Waals surface area (Å²) in [5, 5.41) is 0. The van der Waals surface area contributed by atoms with Crippen LogP contribution in [0.4, 0.5) is 0 Å². The molecule has 0 spiro atoms. The molecule has 0 bridgehead atoms. The van der Waals surface area contributed by atoms with Crippen LogP contribution in [0.15, 0.2) is 53.6 Å². The normalized spacial score (nSPS) is 12.8. The van der Waals surface area contributed by atoms with Crippen LogP contribution in [0.3, 0.4) is 0 Å². The molecule has 0 unspecified atom stereocenters. The minimum atomic E-state index is -0.349. The number of carbonyl (C=O) groups is 1. The molecule has 1 aromatic rings. The maximum atomic E-state index is 11.7. The largest absolute Gasteiger partial charge is 0.365 e. The molecule has 0 radical (unpaired) electrons. The highest BCUT2D eigenvalue weighted by molar-refractivity contribution is 5.80. The summed E-state index contributed by atoms with van der Waals surface area (Å²) in [5.74, 6) is 0.0873. The first-order valence-corrected chi connectivity index (χ1v) is 7.94. The number of carbonyl (C=O) groups excluding carboxylic acids is 1. The van der Waals surface area contributed by atoms with Crippen LogP contribution in [0.2, 0.25) is 0 Å². The van der Waals surface area contributed by atoms with Crippen molar-refractivity contribution in [2.45, 2.75) is 59.7 Å². The van der Waals surface area contributed by atoms with E-state index >= 15 is 0 Å². The average Bonchev–Trinajstić information content (AvgIpc) is 2.47. The van der Waals surface area contributed by atoms with E-state index in [0.717, 1.165) is 18.4 Å². The van der Waals surface area contributed by atoms with Crippen molar-refractivity contribution in [3.8, 4) is 0 Å². The van der Waals surface area contributed by atoms with Crippen molar-refractivity contribution in [1.82, 2.24) is 0 Å². The topological polar surface area (TPSA) is 26.3 Å². The molecule has 0 amide bonds. The van der Waals surface area contributed by atoms with Crippen molar-refractivity contribution in [3.05, 3.63) is 59.2 Å². The first kappa shape index (κ1) is 18.4. The van der Waals surface area contributed by atoms with Gasteiger partial charge in [0, 0.05) is 0 Å². The minimum absolute atomic E-state index is 0.0873. The van der Waals surface area contributed by atoms with Gasteiger partial charge in [-0.3, -0.25) is 4.79 Å². The van der Waals surface area contributed by atoms with Gasteiger partial charge in [0.2, 0.25) is 0 Å². The Hall–Kier alpha value is -1.67. The third-order valence-corrected chi connectivity index (χ3v) is 3.52. The quantitative estimate of drug-likeness (QED) is 0.583. The van der Waals surface area contributed by atoms with E-state index in [1.807, 2.05) is 30.3 Å². The molecule has 1 aromatic carbocycles. The average molecular weight is 300 g/mol. The maximum Gasteiger partial charge on any atom is 0.158 e. The second kappa shape index (κ2) is 10.1. The molecular weight excluding hydrogens is 272 g/mol. The fraction of sp³-hybridized carbons (Fsp3) is 0.450. The minimum Gasteiger partial charge on any atom is -0.365 e. The molecule has 120 valence electrons. The van der Waals surface area contributed by atoms with E-state index in [2.05, 4.69) is 32.9 Å². The van der Waals surface area contributed by atoms with Crippen molar-refractivity contribution < 1.29 is 9.53 Å². The molecular formula is C20H28O2. The summed E-state index contributed by atoms with van der Waals surface area (Å²) < 4.78 is 5.78. The van der Waals surface area contributed by atoms with Crippen LogP contribution < -0.4 is 0 Å². The standard InChI is InChI=1S/C20H28O2/c1-16(2)9-8-10-17(3)13-14-20(18(4)21)22-15-19-11-6-5-7-12-19/h5-7,9,11-13,20H,8,10,14-15H2,1-4H3/t20-/m1/s1. The third-order valence-electron chi connectivity index (χ3n) is 3.52. The summed E-state index contributed by atoms with van der Waals surface area (Å²) >= 11 is 0. The van der Waals surface area contributed by atoms with Crippen LogP contribution in [0.1, 0.15) is 52.5 Å². The number of hydrogen-bond donors (Lipinski definition) is 0. The third kappa shape index (κ3) is 7.94. The van der Waals surface area contributed by atoms with Crippen molar-refractivity contribution in [3.63, 3.8) is 0 Å². The molecule has 0 fully saturated rings. The van der Waals surface area contributed by atoms with E-state index in [1.54, 1.807) is 6.92 Å². The Labute approximate surface area is 134 Å². The first-order valence-electron chi connectivity index (χ1n) is 7.94. The van der Waals surface area contributed by atoms with Gasteiger partial charge in [0.05, 0.1) is 6.61 Å². The smallest absolute Gasteiger partial charge is 0.158 e. The highest BCUT2D eigenvalue weighted by Crippen LogP contribution is 2.12. The van der Waals surface area contributed by atoms with E-state index < -0.39 is 0 Å². The molecule has 0 aliphatic heterocycles. The highest BCUT2D eigenvalue weighted by atomic mass is 16.5. The van der Waals surface area contributed by atoms with Crippen molar-refractivity contribution in [1.29, 1.82) is 0 Å². The van der Waals surface area contributed by atoms with Gasteiger partial charge in [-0.05, 0) is 52.5 Å². The predicted octanol–water partition coefficient (Wildman–Crippen LogP) is 5.24. The Morgan fingerprint density at radius 2 is 1.77 bits per heavy atom. The van der Waals surface area contributed by atoms with Gasteiger partial charge >= 0.3 is 0 Å². The molecule has 0 saturated heterocycles. The summed E-state index contributed by atoms with van der Waals surface area (Å²) in [7, 11) is 0. The van der Waals surface area contributed by atoms with Crippen LogP contribution in [0, 0.1) is 0 Å². The summed E-state index contributed by atoms with van der Waals surface area (Å²) in [6.45, 7) is 8.43. The van der Waals surface area contributed by atoms with Crippen molar-refractivity contribution in [2.75, 3.05) is 0 Å². The number of ether oxygens (including phenoxy) is 1. The van der Waals surface area contributed by atoms with Gasteiger partial charge in [0.25, 0.3) is 0 Å². The van der Waals surface area contributed by atoms with Crippen LogP contribution in [0.5, 0.6) is 0 Å². The van der Waals surface area contributed by atoms with Gasteiger partial charge in [-0.25, -0.2) is 0 Å². The number of rotatable bonds is 9. The fourth-order valence-electron chi connectivity index (χ4n) is 2.12. The van der Waals surface area contributed by atoms with E-state index in [4.69, 9.17) is 4.74 Å². The zero-order chi connectivity index (χ0) is 16.4. The lowest BCUT2D eigenvalue weighted by atomic mass is 10.1. The molecule has 0 aromatic heterocycles. The molecule has 1 rings (SSSR count). The number of hydrogen-bond acceptors (Lipinski definition) is 2. The number of allylic oxidation sites excluding steroid dienone is 3. The van der Waals surface area contributed by atoms with Crippen molar-refractivity contribution >= 4 is 5.78 Å². The number of ketones is 1. The number of Topliss-reactive ketones (excluding diaryl/α,β-unsaturated/α-hetero) is 1. The summed E-state index contributed by atoms with van der Waals surface area (Å²) in [4.78, 5) is 11.7. The van der Waals surface area contributed by atoms with Crippen LogP contribution >= 0.6 is 0 Å². The molecule has 22 heavy (non-hydrogen) atoms. The summed E-state index contributed by atoms with van der Waals surface area (Å²) in [6.07, 6.45) is 6.78. The van der Waals surface area contributed by atoms with Crippen LogP contribution in [-0.4, -0.2) is 11.9 Å². The fourth-order valence-corrected chi connectivity index (χ4v) is 2.12. The van der Waals surface area contributed by atoms with Gasteiger partial charge in [0.15, 0.2) is 5.78 Å². The molecule has 0 aliphatic rings. The molecule has 0 N–H and O–H groups in total. The molecule has 0 heterocycles. The lowest BCUT2D eigenvalue weighted by Gasteiger charge is -2.14.